The van der Waals surface area contributed by atoms with Crippen molar-refractivity contribution in [3.63, 3.8) is 0 Å². The summed E-state index contributed by atoms with van der Waals surface area (Å²) in [5.74, 6) is -0.155. The van der Waals surface area contributed by atoms with Crippen LogP contribution >= 0.6 is 0 Å². The Balaban J connectivity index is 1.72. The first-order valence-electron chi connectivity index (χ1n) is 7.79. The first kappa shape index (κ1) is 18.3. The molecule has 25 heavy (non-hydrogen) atoms. The Labute approximate surface area is 144 Å². The molecular formula is C16H20N5O4+. The molecule has 0 aliphatic heterocycles. The minimum absolute atomic E-state index is 0.0141. The minimum Gasteiger partial charge on any atom is -0.346 e. The van der Waals surface area contributed by atoms with E-state index in [-0.39, 0.29) is 12.5 Å². The predicted molar refractivity (Wildman–Crippen MR) is 87.9 cm³/mol. The van der Waals surface area contributed by atoms with Crippen LogP contribution in [-0.2, 0) is 17.9 Å². The van der Waals surface area contributed by atoms with Crippen LogP contribution in [0.2, 0.25) is 0 Å². The van der Waals surface area contributed by atoms with Gasteiger partial charge in [-0.1, -0.05) is 0 Å². The summed E-state index contributed by atoms with van der Waals surface area (Å²) in [5, 5.41) is 15.1. The monoisotopic (exact) mass is 346 g/mol. The Bertz CT molecular complexity index is 696. The molecule has 2 N–H and O–H groups in total. The summed E-state index contributed by atoms with van der Waals surface area (Å²) in [4.78, 5) is 30.1. The molecule has 0 bridgehead atoms. The molecule has 2 aromatic rings. The van der Waals surface area contributed by atoms with Crippen molar-refractivity contribution in [2.75, 3.05) is 19.7 Å². The molecule has 2 heterocycles. The van der Waals surface area contributed by atoms with Gasteiger partial charge in [-0.2, -0.15) is 0 Å². The van der Waals surface area contributed by atoms with Gasteiger partial charge in [0.15, 0.2) is 18.9 Å². The van der Waals surface area contributed by atoms with Gasteiger partial charge in [0, 0.05) is 37.1 Å². The van der Waals surface area contributed by atoms with E-state index in [0.29, 0.717) is 31.7 Å². The minimum atomic E-state index is -0.808. The van der Waals surface area contributed by atoms with E-state index in [9.17, 15) is 14.9 Å². The standard InChI is InChI=1S/C16H19N5O4/c22-16(15-4-1-5-17-12-15)19-6-9-20-8-2-3-14(13-20)11-18-7-10-25-21(23)24/h1-5,8,12-13,18H,6-7,9-11H2/p+1. The third kappa shape index (κ3) is 6.92. The Morgan fingerprint density at radius 2 is 2.20 bits per heavy atom. The molecule has 0 spiro atoms. The highest BCUT2D eigenvalue weighted by Crippen LogP contribution is 1.95. The summed E-state index contributed by atoms with van der Waals surface area (Å²) >= 11 is 0. The first-order chi connectivity index (χ1) is 12.1. The van der Waals surface area contributed by atoms with Crippen LogP contribution in [0.4, 0.5) is 0 Å². The van der Waals surface area contributed by atoms with E-state index in [2.05, 4.69) is 20.5 Å². The van der Waals surface area contributed by atoms with Crippen LogP contribution in [0.3, 0.4) is 0 Å². The fourth-order valence-corrected chi connectivity index (χ4v) is 2.14. The van der Waals surface area contributed by atoms with Crippen molar-refractivity contribution in [3.05, 3.63) is 70.3 Å². The Hall–Kier alpha value is -3.07. The highest BCUT2D eigenvalue weighted by Gasteiger charge is 2.07. The molecule has 9 nitrogen and oxygen atoms in total. The predicted octanol–water partition coefficient (Wildman–Crippen LogP) is 0.0970. The van der Waals surface area contributed by atoms with Crippen LogP contribution in [0.15, 0.2) is 49.1 Å². The van der Waals surface area contributed by atoms with Gasteiger partial charge in [-0.15, -0.1) is 10.1 Å². The van der Waals surface area contributed by atoms with Gasteiger partial charge in [-0.05, 0) is 18.2 Å². The molecule has 0 fully saturated rings. The summed E-state index contributed by atoms with van der Waals surface area (Å²) in [7, 11) is 0. The number of carbonyl (C=O) groups is 1. The first-order valence-corrected chi connectivity index (χ1v) is 7.79. The normalized spacial score (nSPS) is 10.2. The Morgan fingerprint density at radius 1 is 1.32 bits per heavy atom. The second kappa shape index (κ2) is 9.93. The summed E-state index contributed by atoms with van der Waals surface area (Å²) in [6, 6.07) is 7.29. The second-order valence-electron chi connectivity index (χ2n) is 5.18. The molecule has 0 aromatic carbocycles. The average molecular weight is 346 g/mol. The topological polar surface area (TPSA) is 110 Å². The van der Waals surface area contributed by atoms with Crippen LogP contribution in [0, 0.1) is 10.1 Å². The number of pyridine rings is 2. The molecule has 132 valence electrons. The molecule has 9 heteroatoms. The largest absolute Gasteiger partial charge is 0.346 e. The van der Waals surface area contributed by atoms with Gasteiger partial charge < -0.3 is 15.5 Å². The van der Waals surface area contributed by atoms with E-state index in [1.165, 1.54) is 6.20 Å². The fourth-order valence-electron chi connectivity index (χ4n) is 2.14. The van der Waals surface area contributed by atoms with Gasteiger partial charge in [-0.25, -0.2) is 4.57 Å². The van der Waals surface area contributed by atoms with Gasteiger partial charge in [0.25, 0.3) is 11.0 Å². The van der Waals surface area contributed by atoms with E-state index >= 15 is 0 Å². The van der Waals surface area contributed by atoms with E-state index < -0.39 is 5.09 Å². The zero-order chi connectivity index (χ0) is 17.9. The van der Waals surface area contributed by atoms with Crippen molar-refractivity contribution in [1.29, 1.82) is 0 Å². The van der Waals surface area contributed by atoms with Crippen molar-refractivity contribution >= 4 is 5.91 Å². The summed E-state index contributed by atoms with van der Waals surface area (Å²) in [5.41, 5.74) is 1.56. The second-order valence-corrected chi connectivity index (χ2v) is 5.18. The molecule has 2 aromatic heterocycles. The molecule has 0 atom stereocenters. The number of hydrogen-bond donors (Lipinski definition) is 2. The quantitative estimate of drug-likeness (QED) is 0.273. The number of nitrogens with zero attached hydrogens (tertiary/aromatic N) is 3. The third-order valence-corrected chi connectivity index (χ3v) is 3.30. The summed E-state index contributed by atoms with van der Waals surface area (Å²) in [6.07, 6.45) is 7.01. The lowest BCUT2D eigenvalue weighted by molar-refractivity contribution is -0.757. The Kier molecular flexibility index (Phi) is 7.26. The number of aromatic nitrogens is 2. The van der Waals surface area contributed by atoms with Gasteiger partial charge >= 0.3 is 0 Å². The molecular weight excluding hydrogens is 326 g/mol. The molecule has 0 unspecified atom stereocenters. The van der Waals surface area contributed by atoms with Gasteiger partial charge in [0.1, 0.15) is 6.61 Å². The molecule has 0 aliphatic rings. The maximum atomic E-state index is 11.9. The van der Waals surface area contributed by atoms with Gasteiger partial charge in [-0.3, -0.25) is 9.78 Å². The number of amides is 1. The maximum Gasteiger partial charge on any atom is 0.294 e. The van der Waals surface area contributed by atoms with E-state index in [4.69, 9.17) is 0 Å². The number of nitrogens with one attached hydrogen (secondary N) is 2. The zero-order valence-electron chi connectivity index (χ0n) is 13.6. The van der Waals surface area contributed by atoms with Crippen molar-refractivity contribution in [1.82, 2.24) is 15.6 Å². The van der Waals surface area contributed by atoms with Gasteiger partial charge in [0.2, 0.25) is 0 Å². The van der Waals surface area contributed by atoms with Gasteiger partial charge in [0.05, 0.1) is 12.1 Å². The number of rotatable bonds is 10. The summed E-state index contributed by atoms with van der Waals surface area (Å²) in [6.45, 7) is 2.09. The number of hydrogen-bond acceptors (Lipinski definition) is 6. The average Bonchev–Trinajstić information content (AvgIpc) is 2.62. The fraction of sp³-hybridized carbons (Fsp3) is 0.312. The molecule has 0 aliphatic carbocycles. The van der Waals surface area contributed by atoms with E-state index in [1.54, 1.807) is 18.3 Å². The maximum absolute atomic E-state index is 11.9. The molecule has 2 rings (SSSR count). The lowest BCUT2D eigenvalue weighted by Gasteiger charge is -2.05. The van der Waals surface area contributed by atoms with Crippen LogP contribution < -0.4 is 15.2 Å². The van der Waals surface area contributed by atoms with Crippen molar-refractivity contribution in [2.24, 2.45) is 0 Å². The SMILES string of the molecule is O=C(NCC[n+]1cccc(CNCCO[N+](=O)[O-])c1)c1cccnc1. The molecule has 1 amide bonds. The molecule has 0 saturated carbocycles. The lowest BCUT2D eigenvalue weighted by atomic mass is 10.2. The highest BCUT2D eigenvalue weighted by molar-refractivity contribution is 5.93. The molecule has 0 radical (unpaired) electrons. The van der Waals surface area contributed by atoms with Crippen LogP contribution in [0.5, 0.6) is 0 Å². The Morgan fingerprint density at radius 3 is 2.96 bits per heavy atom. The van der Waals surface area contributed by atoms with Crippen LogP contribution in [0.1, 0.15) is 15.9 Å². The molecule has 0 saturated heterocycles. The highest BCUT2D eigenvalue weighted by atomic mass is 16.9. The zero-order valence-corrected chi connectivity index (χ0v) is 13.6. The van der Waals surface area contributed by atoms with Crippen molar-refractivity contribution in [2.45, 2.75) is 13.1 Å². The van der Waals surface area contributed by atoms with E-state index in [1.807, 2.05) is 29.1 Å². The summed E-state index contributed by atoms with van der Waals surface area (Å²) < 4.78 is 1.97. The lowest BCUT2D eigenvalue weighted by Crippen LogP contribution is -2.40. The van der Waals surface area contributed by atoms with Crippen LogP contribution in [0.25, 0.3) is 0 Å². The smallest absolute Gasteiger partial charge is 0.294 e. The van der Waals surface area contributed by atoms with Crippen molar-refractivity contribution < 1.29 is 19.3 Å². The van der Waals surface area contributed by atoms with Crippen LogP contribution in [-0.4, -0.2) is 35.7 Å². The number of carbonyl (C=O) groups excluding carboxylic acids is 1. The third-order valence-electron chi connectivity index (χ3n) is 3.30. The van der Waals surface area contributed by atoms with E-state index in [0.717, 1.165) is 5.56 Å². The van der Waals surface area contributed by atoms with Crippen molar-refractivity contribution in [3.8, 4) is 0 Å².